The van der Waals surface area contributed by atoms with E-state index in [1.54, 1.807) is 11.3 Å². The quantitative estimate of drug-likeness (QED) is 0.874. The van der Waals surface area contributed by atoms with Gasteiger partial charge in [-0.1, -0.05) is 40.3 Å². The molecular weight excluding hydrogens is 322 g/mol. The lowest BCUT2D eigenvalue weighted by Crippen LogP contribution is -2.21. The smallest absolute Gasteiger partial charge is 0.239 e. The number of carbonyl (C=O) groups excluding carboxylic acids is 1. The van der Waals surface area contributed by atoms with E-state index < -0.39 is 0 Å². The normalized spacial score (nSPS) is 12.4. The minimum atomic E-state index is -0.184. The largest absolute Gasteiger partial charge is 0.300 e. The van der Waals surface area contributed by atoms with E-state index in [1.807, 2.05) is 24.4 Å². The number of nitrogens with zero attached hydrogens (tertiary/aromatic N) is 2. The average Bonchev–Trinajstić information content (AvgIpc) is 2.97. The SMILES string of the molecule is CCC(Br)C(=O)Nc1nnc(-c2cccs2)s1. The molecule has 0 aromatic carbocycles. The molecule has 2 heterocycles. The van der Waals surface area contributed by atoms with Crippen LogP contribution in [0.2, 0.25) is 0 Å². The van der Waals surface area contributed by atoms with Crippen molar-refractivity contribution in [3.63, 3.8) is 0 Å². The van der Waals surface area contributed by atoms with Crippen molar-refractivity contribution in [3.05, 3.63) is 17.5 Å². The van der Waals surface area contributed by atoms with Gasteiger partial charge in [-0.05, 0) is 17.9 Å². The molecule has 90 valence electrons. The second-order valence-corrected chi connectivity index (χ2v) is 6.29. The van der Waals surface area contributed by atoms with Gasteiger partial charge in [-0.25, -0.2) is 0 Å². The first-order valence-corrected chi connectivity index (χ1v) is 7.64. The fourth-order valence-electron chi connectivity index (χ4n) is 1.14. The molecule has 0 spiro atoms. The number of halogens is 1. The van der Waals surface area contributed by atoms with Crippen LogP contribution in [0.1, 0.15) is 13.3 Å². The van der Waals surface area contributed by atoms with Crippen molar-refractivity contribution in [1.29, 1.82) is 0 Å². The van der Waals surface area contributed by atoms with Crippen molar-refractivity contribution in [2.45, 2.75) is 18.2 Å². The predicted octanol–water partition coefficient (Wildman–Crippen LogP) is 3.38. The summed E-state index contributed by atoms with van der Waals surface area (Å²) >= 11 is 6.28. The van der Waals surface area contributed by atoms with Crippen LogP contribution in [0.5, 0.6) is 0 Å². The summed E-state index contributed by atoms with van der Waals surface area (Å²) in [5, 5.41) is 14.1. The van der Waals surface area contributed by atoms with Gasteiger partial charge in [0.2, 0.25) is 11.0 Å². The molecule has 0 aliphatic heterocycles. The van der Waals surface area contributed by atoms with Crippen LogP contribution < -0.4 is 5.32 Å². The van der Waals surface area contributed by atoms with Crippen LogP contribution in [0.15, 0.2) is 17.5 Å². The van der Waals surface area contributed by atoms with Gasteiger partial charge in [0.1, 0.15) is 0 Å². The van der Waals surface area contributed by atoms with Crippen LogP contribution in [-0.4, -0.2) is 20.9 Å². The van der Waals surface area contributed by atoms with E-state index in [2.05, 4.69) is 31.4 Å². The minimum absolute atomic E-state index is 0.0821. The van der Waals surface area contributed by atoms with Crippen molar-refractivity contribution in [1.82, 2.24) is 10.2 Å². The summed E-state index contributed by atoms with van der Waals surface area (Å²) in [6.07, 6.45) is 0.739. The van der Waals surface area contributed by atoms with Gasteiger partial charge in [0.15, 0.2) is 5.01 Å². The van der Waals surface area contributed by atoms with Gasteiger partial charge in [-0.3, -0.25) is 10.1 Å². The second-order valence-electron chi connectivity index (χ2n) is 3.25. The van der Waals surface area contributed by atoms with Gasteiger partial charge in [0, 0.05) is 0 Å². The number of amides is 1. The van der Waals surface area contributed by atoms with E-state index in [0.717, 1.165) is 16.3 Å². The van der Waals surface area contributed by atoms with Crippen LogP contribution in [0, 0.1) is 0 Å². The number of thiophene rings is 1. The van der Waals surface area contributed by atoms with Crippen molar-refractivity contribution >= 4 is 49.6 Å². The summed E-state index contributed by atoms with van der Waals surface area (Å²) in [4.78, 5) is 12.5. The average molecular weight is 332 g/mol. The standard InChI is InChI=1S/C10H10BrN3OS2/c1-2-6(11)8(15)12-10-14-13-9(17-10)7-4-3-5-16-7/h3-6H,2H2,1H3,(H,12,14,15). The minimum Gasteiger partial charge on any atom is -0.300 e. The Balaban J connectivity index is 2.07. The zero-order valence-electron chi connectivity index (χ0n) is 9.01. The van der Waals surface area contributed by atoms with E-state index in [-0.39, 0.29) is 10.7 Å². The molecule has 0 aliphatic rings. The van der Waals surface area contributed by atoms with E-state index in [9.17, 15) is 4.79 Å². The van der Waals surface area contributed by atoms with Gasteiger partial charge >= 0.3 is 0 Å². The van der Waals surface area contributed by atoms with Crippen molar-refractivity contribution in [3.8, 4) is 9.88 Å². The molecule has 2 aromatic rings. The monoisotopic (exact) mass is 331 g/mol. The number of hydrogen-bond donors (Lipinski definition) is 1. The van der Waals surface area contributed by atoms with E-state index in [1.165, 1.54) is 11.3 Å². The van der Waals surface area contributed by atoms with Crippen molar-refractivity contribution < 1.29 is 4.79 Å². The molecule has 1 atom stereocenters. The molecular formula is C10H10BrN3OS2. The number of alkyl halides is 1. The molecule has 0 radical (unpaired) electrons. The molecule has 0 saturated heterocycles. The van der Waals surface area contributed by atoms with Crippen molar-refractivity contribution in [2.75, 3.05) is 5.32 Å². The molecule has 0 saturated carbocycles. The molecule has 0 bridgehead atoms. The van der Waals surface area contributed by atoms with Gasteiger partial charge < -0.3 is 0 Å². The molecule has 0 fully saturated rings. The van der Waals surface area contributed by atoms with Gasteiger partial charge in [0.25, 0.3) is 0 Å². The van der Waals surface area contributed by atoms with E-state index in [4.69, 9.17) is 0 Å². The maximum atomic E-state index is 11.6. The highest BCUT2D eigenvalue weighted by molar-refractivity contribution is 9.10. The zero-order valence-corrected chi connectivity index (χ0v) is 12.2. The number of aromatic nitrogens is 2. The molecule has 7 heteroatoms. The third-order valence-electron chi connectivity index (χ3n) is 2.03. The van der Waals surface area contributed by atoms with Crippen LogP contribution in [-0.2, 0) is 4.79 Å². The highest BCUT2D eigenvalue weighted by Crippen LogP contribution is 2.29. The zero-order chi connectivity index (χ0) is 12.3. The predicted molar refractivity (Wildman–Crippen MR) is 74.9 cm³/mol. The van der Waals surface area contributed by atoms with Crippen LogP contribution in [0.25, 0.3) is 9.88 Å². The highest BCUT2D eigenvalue weighted by Gasteiger charge is 2.15. The number of hydrogen-bond acceptors (Lipinski definition) is 5. The Labute approximate surface area is 115 Å². The molecule has 0 aliphatic carbocycles. The summed E-state index contributed by atoms with van der Waals surface area (Å²) in [5.74, 6) is -0.0821. The van der Waals surface area contributed by atoms with E-state index in [0.29, 0.717) is 5.13 Å². The van der Waals surface area contributed by atoms with Gasteiger partial charge in [-0.15, -0.1) is 21.5 Å². The number of anilines is 1. The summed E-state index contributed by atoms with van der Waals surface area (Å²) in [7, 11) is 0. The van der Waals surface area contributed by atoms with Gasteiger partial charge in [0.05, 0.1) is 9.70 Å². The summed E-state index contributed by atoms with van der Waals surface area (Å²) in [6.45, 7) is 1.94. The summed E-state index contributed by atoms with van der Waals surface area (Å²) in [5.41, 5.74) is 0. The molecule has 2 aromatic heterocycles. The summed E-state index contributed by atoms with van der Waals surface area (Å²) in [6, 6.07) is 3.95. The van der Waals surface area contributed by atoms with Crippen LogP contribution >= 0.6 is 38.6 Å². The number of nitrogens with one attached hydrogen (secondary N) is 1. The fourth-order valence-corrected chi connectivity index (χ4v) is 2.80. The Morgan fingerprint density at radius 2 is 2.41 bits per heavy atom. The van der Waals surface area contributed by atoms with Crippen molar-refractivity contribution in [2.24, 2.45) is 0 Å². The van der Waals surface area contributed by atoms with Crippen LogP contribution in [0.4, 0.5) is 5.13 Å². The third kappa shape index (κ3) is 3.11. The number of rotatable bonds is 4. The second kappa shape index (κ2) is 5.70. The number of carbonyl (C=O) groups is 1. The lowest BCUT2D eigenvalue weighted by Gasteiger charge is -2.04. The Hall–Kier alpha value is -0.790. The maximum absolute atomic E-state index is 11.6. The fraction of sp³-hybridized carbons (Fsp3) is 0.300. The Kier molecular flexibility index (Phi) is 4.25. The first kappa shape index (κ1) is 12.7. The Morgan fingerprint density at radius 1 is 1.59 bits per heavy atom. The maximum Gasteiger partial charge on any atom is 0.239 e. The molecule has 1 amide bonds. The third-order valence-corrected chi connectivity index (χ3v) is 4.97. The molecule has 1 N–H and O–H groups in total. The molecule has 1 unspecified atom stereocenters. The first-order chi connectivity index (χ1) is 8.20. The topological polar surface area (TPSA) is 54.9 Å². The highest BCUT2D eigenvalue weighted by atomic mass is 79.9. The summed E-state index contributed by atoms with van der Waals surface area (Å²) < 4.78 is 0. The molecule has 17 heavy (non-hydrogen) atoms. The lowest BCUT2D eigenvalue weighted by molar-refractivity contribution is -0.115. The first-order valence-electron chi connectivity index (χ1n) is 5.03. The lowest BCUT2D eigenvalue weighted by atomic mass is 10.3. The van der Waals surface area contributed by atoms with Crippen LogP contribution in [0.3, 0.4) is 0 Å². The Morgan fingerprint density at radius 3 is 3.06 bits per heavy atom. The van der Waals surface area contributed by atoms with E-state index >= 15 is 0 Å². The molecule has 4 nitrogen and oxygen atoms in total. The molecule has 2 rings (SSSR count). The Bertz CT molecular complexity index is 497. The van der Waals surface area contributed by atoms with Gasteiger partial charge in [-0.2, -0.15) is 0 Å².